The molecule has 0 unspecified atom stereocenters. The van der Waals surface area contributed by atoms with E-state index in [1.165, 1.54) is 17.5 Å². The molecule has 0 N–H and O–H groups in total. The highest BCUT2D eigenvalue weighted by Crippen LogP contribution is 2.34. The summed E-state index contributed by atoms with van der Waals surface area (Å²) < 4.78 is 65.8. The first-order valence-corrected chi connectivity index (χ1v) is 8.08. The fraction of sp³-hybridized carbons (Fsp3) is 0.231. The van der Waals surface area contributed by atoms with Crippen LogP contribution >= 0.6 is 11.3 Å². The standard InChI is InChI=1S/C13H11F3O3S2/c1-9-2-4-11(5-3-9)21(17,18)19-7-10-6-12(20-8-10)13(14,15)16/h2-6,8H,7H2,1H3. The van der Waals surface area contributed by atoms with E-state index < -0.39 is 27.8 Å². The van der Waals surface area contributed by atoms with Crippen molar-refractivity contribution in [2.24, 2.45) is 0 Å². The number of aryl methyl sites for hydroxylation is 1. The summed E-state index contributed by atoms with van der Waals surface area (Å²) >= 11 is 0.505. The van der Waals surface area contributed by atoms with Crippen molar-refractivity contribution < 1.29 is 25.8 Å². The Labute approximate surface area is 124 Å². The molecule has 2 rings (SSSR count). The van der Waals surface area contributed by atoms with E-state index >= 15 is 0 Å². The van der Waals surface area contributed by atoms with Crippen molar-refractivity contribution in [3.63, 3.8) is 0 Å². The molecule has 2 aromatic rings. The predicted molar refractivity (Wildman–Crippen MR) is 72.5 cm³/mol. The van der Waals surface area contributed by atoms with Crippen LogP contribution in [0, 0.1) is 6.92 Å². The second-order valence-corrected chi connectivity index (χ2v) is 6.87. The van der Waals surface area contributed by atoms with Crippen LogP contribution in [0.3, 0.4) is 0 Å². The van der Waals surface area contributed by atoms with Gasteiger partial charge < -0.3 is 0 Å². The van der Waals surface area contributed by atoms with E-state index in [0.29, 0.717) is 11.3 Å². The SMILES string of the molecule is Cc1ccc(S(=O)(=O)OCc2csc(C(F)(F)F)c2)cc1. The Kier molecular flexibility index (Phi) is 4.40. The largest absolute Gasteiger partial charge is 0.425 e. The van der Waals surface area contributed by atoms with Gasteiger partial charge in [0.15, 0.2) is 0 Å². The van der Waals surface area contributed by atoms with Crippen LogP contribution in [-0.4, -0.2) is 8.42 Å². The topological polar surface area (TPSA) is 43.4 Å². The molecule has 8 heteroatoms. The van der Waals surface area contributed by atoms with Gasteiger partial charge in [-0.2, -0.15) is 21.6 Å². The molecule has 0 aliphatic heterocycles. The van der Waals surface area contributed by atoms with Crippen molar-refractivity contribution in [3.05, 3.63) is 51.7 Å². The van der Waals surface area contributed by atoms with Crippen molar-refractivity contribution in [1.29, 1.82) is 0 Å². The van der Waals surface area contributed by atoms with Crippen LogP contribution in [-0.2, 0) is 27.1 Å². The summed E-state index contributed by atoms with van der Waals surface area (Å²) in [7, 11) is -3.98. The molecule has 0 radical (unpaired) electrons. The minimum Gasteiger partial charge on any atom is -0.262 e. The first-order chi connectivity index (χ1) is 9.68. The molecule has 0 amide bonds. The van der Waals surface area contributed by atoms with Gasteiger partial charge in [-0.3, -0.25) is 4.18 Å². The molecule has 1 aromatic heterocycles. The summed E-state index contributed by atoms with van der Waals surface area (Å²) in [6, 6.07) is 6.89. The molecule has 0 atom stereocenters. The van der Waals surface area contributed by atoms with Crippen LogP contribution in [0.4, 0.5) is 13.2 Å². The third-order valence-electron chi connectivity index (χ3n) is 2.62. The number of hydrogen-bond donors (Lipinski definition) is 0. The van der Waals surface area contributed by atoms with E-state index in [-0.39, 0.29) is 10.5 Å². The Bertz CT molecular complexity index is 716. The summed E-state index contributed by atoms with van der Waals surface area (Å²) in [4.78, 5) is -0.812. The molecule has 0 saturated carbocycles. The Balaban J connectivity index is 2.08. The van der Waals surface area contributed by atoms with Crippen molar-refractivity contribution in [3.8, 4) is 0 Å². The smallest absolute Gasteiger partial charge is 0.262 e. The van der Waals surface area contributed by atoms with E-state index in [1.807, 2.05) is 0 Å². The first-order valence-electron chi connectivity index (χ1n) is 5.79. The maximum atomic E-state index is 12.4. The minimum atomic E-state index is -4.43. The van der Waals surface area contributed by atoms with Gasteiger partial charge in [0.2, 0.25) is 0 Å². The van der Waals surface area contributed by atoms with Crippen LogP contribution < -0.4 is 0 Å². The molecular weight excluding hydrogens is 325 g/mol. The molecule has 1 heterocycles. The number of benzene rings is 1. The van der Waals surface area contributed by atoms with Crippen molar-refractivity contribution in [2.45, 2.75) is 24.6 Å². The predicted octanol–water partition coefficient (Wildman–Crippen LogP) is 3.98. The lowest BCUT2D eigenvalue weighted by Gasteiger charge is -2.05. The lowest BCUT2D eigenvalue weighted by Crippen LogP contribution is -2.06. The third-order valence-corrected chi connectivity index (χ3v) is 4.93. The highest BCUT2D eigenvalue weighted by molar-refractivity contribution is 7.86. The number of alkyl halides is 3. The molecule has 1 aromatic carbocycles. The van der Waals surface area contributed by atoms with Crippen molar-refractivity contribution >= 4 is 21.5 Å². The monoisotopic (exact) mass is 336 g/mol. The average molecular weight is 336 g/mol. The molecule has 0 fully saturated rings. The molecule has 21 heavy (non-hydrogen) atoms. The maximum Gasteiger partial charge on any atom is 0.425 e. The summed E-state index contributed by atoms with van der Waals surface area (Å²) in [5, 5.41) is 1.23. The average Bonchev–Trinajstić information content (AvgIpc) is 2.86. The minimum absolute atomic E-state index is 0.0284. The van der Waals surface area contributed by atoms with Gasteiger partial charge in [0.25, 0.3) is 10.1 Å². The highest BCUT2D eigenvalue weighted by Gasteiger charge is 2.32. The molecule has 3 nitrogen and oxygen atoms in total. The molecule has 0 aliphatic rings. The summed E-state index contributed by atoms with van der Waals surface area (Å²) in [6.45, 7) is 1.38. The Morgan fingerprint density at radius 2 is 1.81 bits per heavy atom. The number of thiophene rings is 1. The van der Waals surface area contributed by atoms with Gasteiger partial charge in [0.1, 0.15) is 4.88 Å². The molecule has 0 bridgehead atoms. The Hall–Kier alpha value is -1.38. The quantitative estimate of drug-likeness (QED) is 0.793. The Morgan fingerprint density at radius 3 is 2.33 bits per heavy atom. The zero-order chi connectivity index (χ0) is 15.7. The van der Waals surface area contributed by atoms with Crippen LogP contribution in [0.1, 0.15) is 16.0 Å². The maximum absolute atomic E-state index is 12.4. The van der Waals surface area contributed by atoms with Gasteiger partial charge in [-0.1, -0.05) is 17.7 Å². The van der Waals surface area contributed by atoms with Crippen LogP contribution in [0.15, 0.2) is 40.6 Å². The normalized spacial score (nSPS) is 12.6. The summed E-state index contributed by atoms with van der Waals surface area (Å²) in [5.74, 6) is 0. The van der Waals surface area contributed by atoms with Crippen LogP contribution in [0.25, 0.3) is 0 Å². The summed E-state index contributed by atoms with van der Waals surface area (Å²) in [6.07, 6.45) is -4.43. The van der Waals surface area contributed by atoms with Gasteiger partial charge in [-0.05, 0) is 36.1 Å². The Morgan fingerprint density at radius 1 is 1.19 bits per heavy atom. The second-order valence-electron chi connectivity index (χ2n) is 4.35. The van der Waals surface area contributed by atoms with E-state index in [1.54, 1.807) is 19.1 Å². The summed E-state index contributed by atoms with van der Waals surface area (Å²) in [5.41, 5.74) is 1.06. The van der Waals surface area contributed by atoms with Gasteiger partial charge in [0, 0.05) is 0 Å². The number of rotatable bonds is 4. The highest BCUT2D eigenvalue weighted by atomic mass is 32.2. The fourth-order valence-corrected chi connectivity index (χ4v) is 3.18. The third kappa shape index (κ3) is 4.05. The molecule has 114 valence electrons. The molecule has 0 saturated heterocycles. The lowest BCUT2D eigenvalue weighted by molar-refractivity contribution is -0.134. The van der Waals surface area contributed by atoms with Gasteiger partial charge in [-0.25, -0.2) is 0 Å². The molecule has 0 spiro atoms. The lowest BCUT2D eigenvalue weighted by atomic mass is 10.2. The van der Waals surface area contributed by atoms with Gasteiger partial charge >= 0.3 is 6.18 Å². The van der Waals surface area contributed by atoms with Crippen LogP contribution in [0.5, 0.6) is 0 Å². The number of hydrogen-bond acceptors (Lipinski definition) is 4. The molecular formula is C13H11F3O3S2. The van der Waals surface area contributed by atoms with E-state index in [9.17, 15) is 21.6 Å². The van der Waals surface area contributed by atoms with Crippen molar-refractivity contribution in [2.75, 3.05) is 0 Å². The second kappa shape index (κ2) is 5.78. The van der Waals surface area contributed by atoms with E-state index in [0.717, 1.165) is 11.6 Å². The van der Waals surface area contributed by atoms with Gasteiger partial charge in [0.05, 0.1) is 11.5 Å². The zero-order valence-electron chi connectivity index (χ0n) is 10.8. The van der Waals surface area contributed by atoms with Gasteiger partial charge in [-0.15, -0.1) is 11.3 Å². The van der Waals surface area contributed by atoms with Crippen LogP contribution in [0.2, 0.25) is 0 Å². The van der Waals surface area contributed by atoms with E-state index in [4.69, 9.17) is 4.18 Å². The first kappa shape index (κ1) is 16.0. The zero-order valence-corrected chi connectivity index (χ0v) is 12.5. The van der Waals surface area contributed by atoms with Crippen molar-refractivity contribution in [1.82, 2.24) is 0 Å². The fourth-order valence-electron chi connectivity index (χ4n) is 1.52. The molecule has 0 aliphatic carbocycles. The van der Waals surface area contributed by atoms with E-state index in [2.05, 4.69) is 0 Å². The number of halogens is 3.